The zero-order chi connectivity index (χ0) is 25.1. The third-order valence-electron chi connectivity index (χ3n) is 7.20. The van der Waals surface area contributed by atoms with Gasteiger partial charge in [-0.25, -0.2) is 9.40 Å². The number of rotatable bonds is 6. The van der Waals surface area contributed by atoms with E-state index in [2.05, 4.69) is 66.1 Å². The second-order valence-corrected chi connectivity index (χ2v) is 9.88. The predicted octanol–water partition coefficient (Wildman–Crippen LogP) is 4.94. The maximum Gasteiger partial charge on any atom is 0.257 e. The molecule has 5 rings (SSSR count). The average molecular weight is 485 g/mol. The lowest BCUT2D eigenvalue weighted by Gasteiger charge is -2.35. The first-order valence-corrected chi connectivity index (χ1v) is 12.7. The number of benzene rings is 3. The van der Waals surface area contributed by atoms with Crippen molar-refractivity contribution < 1.29 is 9.18 Å². The van der Waals surface area contributed by atoms with Crippen LogP contribution in [0.1, 0.15) is 40.3 Å². The van der Waals surface area contributed by atoms with E-state index in [1.165, 1.54) is 22.2 Å². The average Bonchev–Trinajstić information content (AvgIpc) is 3.31. The summed E-state index contributed by atoms with van der Waals surface area (Å²) >= 11 is 0. The molecule has 0 aliphatic carbocycles. The Kier molecular flexibility index (Phi) is 7.25. The first-order chi connectivity index (χ1) is 17.5. The van der Waals surface area contributed by atoms with Crippen LogP contribution in [0.25, 0.3) is 0 Å². The van der Waals surface area contributed by atoms with Crippen LogP contribution in [-0.2, 0) is 11.3 Å². The van der Waals surface area contributed by atoms with E-state index in [9.17, 15) is 9.18 Å². The Morgan fingerprint density at radius 3 is 2.33 bits per heavy atom. The number of nitrogens with zero attached hydrogens (tertiary/aromatic N) is 4. The van der Waals surface area contributed by atoms with E-state index in [4.69, 9.17) is 5.10 Å². The fraction of sp³-hybridized carbons (Fsp3) is 0.333. The predicted molar refractivity (Wildman–Crippen MR) is 141 cm³/mol. The van der Waals surface area contributed by atoms with Crippen LogP contribution in [-0.4, -0.2) is 59.2 Å². The Labute approximate surface area is 212 Å². The molecule has 3 aromatic carbocycles. The SMILES string of the molecule is Cc1ccc(C2=NN(C(=O)CN3CCN(Cc4ccccc4)CC3)[C@H](c3ccccc3F)C2)c(C)c1. The van der Waals surface area contributed by atoms with Crippen molar-refractivity contribution in [3.05, 3.63) is 106 Å². The van der Waals surface area contributed by atoms with Crippen LogP contribution in [0.15, 0.2) is 77.9 Å². The van der Waals surface area contributed by atoms with E-state index in [-0.39, 0.29) is 18.3 Å². The minimum absolute atomic E-state index is 0.0838. The Bertz CT molecular complexity index is 1250. The zero-order valence-electron chi connectivity index (χ0n) is 21.0. The topological polar surface area (TPSA) is 39.2 Å². The minimum Gasteiger partial charge on any atom is -0.297 e. The monoisotopic (exact) mass is 484 g/mol. The lowest BCUT2D eigenvalue weighted by Crippen LogP contribution is -2.49. The molecule has 2 aliphatic rings. The Hall–Kier alpha value is -3.35. The molecule has 0 N–H and O–H groups in total. The number of hydrogen-bond acceptors (Lipinski definition) is 4. The van der Waals surface area contributed by atoms with Gasteiger partial charge in [0.2, 0.25) is 0 Å². The van der Waals surface area contributed by atoms with E-state index in [1.807, 2.05) is 12.1 Å². The molecule has 6 heteroatoms. The number of aryl methyl sites for hydroxylation is 2. The van der Waals surface area contributed by atoms with E-state index in [0.717, 1.165) is 49.6 Å². The molecular weight excluding hydrogens is 451 g/mol. The number of carbonyl (C=O) groups excluding carboxylic acids is 1. The van der Waals surface area contributed by atoms with Crippen molar-refractivity contribution >= 4 is 11.6 Å². The van der Waals surface area contributed by atoms with Crippen LogP contribution in [0, 0.1) is 19.7 Å². The van der Waals surface area contributed by atoms with Gasteiger partial charge in [-0.2, -0.15) is 5.10 Å². The number of hydrogen-bond donors (Lipinski definition) is 0. The molecule has 0 bridgehead atoms. The van der Waals surface area contributed by atoms with E-state index >= 15 is 0 Å². The molecule has 1 saturated heterocycles. The normalized spacial score (nSPS) is 18.9. The van der Waals surface area contributed by atoms with Crippen LogP contribution < -0.4 is 0 Å². The molecule has 2 heterocycles. The largest absolute Gasteiger partial charge is 0.297 e. The summed E-state index contributed by atoms with van der Waals surface area (Å²) < 4.78 is 14.8. The van der Waals surface area contributed by atoms with Gasteiger partial charge in [0, 0.05) is 50.3 Å². The molecule has 0 radical (unpaired) electrons. The van der Waals surface area contributed by atoms with Gasteiger partial charge < -0.3 is 0 Å². The van der Waals surface area contributed by atoms with Gasteiger partial charge >= 0.3 is 0 Å². The van der Waals surface area contributed by atoms with Crippen molar-refractivity contribution in [2.75, 3.05) is 32.7 Å². The molecule has 0 spiro atoms. The van der Waals surface area contributed by atoms with E-state index in [1.54, 1.807) is 12.1 Å². The third-order valence-corrected chi connectivity index (χ3v) is 7.20. The summed E-state index contributed by atoms with van der Waals surface area (Å²) in [5, 5.41) is 6.31. The fourth-order valence-electron chi connectivity index (χ4n) is 5.24. The quantitative estimate of drug-likeness (QED) is 0.498. The molecule has 5 nitrogen and oxygen atoms in total. The molecule has 186 valence electrons. The fourth-order valence-corrected chi connectivity index (χ4v) is 5.24. The molecule has 3 aromatic rings. The number of amides is 1. The van der Waals surface area contributed by atoms with Gasteiger partial charge in [-0.1, -0.05) is 72.3 Å². The Morgan fingerprint density at radius 1 is 0.917 bits per heavy atom. The highest BCUT2D eigenvalue weighted by atomic mass is 19.1. The standard InChI is InChI=1S/C30H33FN4O/c1-22-12-13-25(23(2)18-22)28-19-29(26-10-6-7-11-27(26)31)35(32-28)30(36)21-34-16-14-33(15-17-34)20-24-8-4-3-5-9-24/h3-13,18,29H,14-17,19-21H2,1-2H3/t29-/m0/s1. The number of halogens is 1. The smallest absolute Gasteiger partial charge is 0.257 e. The summed E-state index contributed by atoms with van der Waals surface area (Å²) in [5.74, 6) is -0.383. The lowest BCUT2D eigenvalue weighted by molar-refractivity contribution is -0.134. The van der Waals surface area contributed by atoms with Crippen molar-refractivity contribution in [1.82, 2.24) is 14.8 Å². The van der Waals surface area contributed by atoms with Gasteiger partial charge in [-0.15, -0.1) is 0 Å². The van der Waals surface area contributed by atoms with Crippen LogP contribution >= 0.6 is 0 Å². The summed E-state index contributed by atoms with van der Waals surface area (Å²) in [4.78, 5) is 18.1. The Balaban J connectivity index is 1.30. The number of carbonyl (C=O) groups is 1. The van der Waals surface area contributed by atoms with E-state index < -0.39 is 6.04 Å². The first-order valence-electron chi connectivity index (χ1n) is 12.7. The van der Waals surface area contributed by atoms with Crippen LogP contribution in [0.4, 0.5) is 4.39 Å². The third kappa shape index (κ3) is 5.40. The molecule has 36 heavy (non-hydrogen) atoms. The summed E-state index contributed by atoms with van der Waals surface area (Å²) in [6, 6.07) is 23.0. The molecule has 0 unspecified atom stereocenters. The number of piperazine rings is 1. The molecule has 1 atom stereocenters. The Morgan fingerprint density at radius 2 is 1.61 bits per heavy atom. The molecule has 0 aromatic heterocycles. The van der Waals surface area contributed by atoms with E-state index in [0.29, 0.717) is 12.0 Å². The van der Waals surface area contributed by atoms with Gasteiger partial charge in [0.25, 0.3) is 5.91 Å². The van der Waals surface area contributed by atoms with Crippen molar-refractivity contribution in [3.8, 4) is 0 Å². The highest BCUT2D eigenvalue weighted by molar-refractivity contribution is 6.04. The maximum absolute atomic E-state index is 14.8. The van der Waals surface area contributed by atoms with Crippen LogP contribution in [0.3, 0.4) is 0 Å². The molecule has 2 aliphatic heterocycles. The molecule has 0 saturated carbocycles. The van der Waals surface area contributed by atoms with Gasteiger partial charge in [-0.3, -0.25) is 14.6 Å². The van der Waals surface area contributed by atoms with Crippen LogP contribution in [0.5, 0.6) is 0 Å². The van der Waals surface area contributed by atoms with Crippen molar-refractivity contribution in [2.45, 2.75) is 32.9 Å². The summed E-state index contributed by atoms with van der Waals surface area (Å²) in [7, 11) is 0. The lowest BCUT2D eigenvalue weighted by atomic mass is 9.95. The summed E-state index contributed by atoms with van der Waals surface area (Å²) in [6.45, 7) is 8.80. The van der Waals surface area contributed by atoms with Crippen molar-refractivity contribution in [1.29, 1.82) is 0 Å². The van der Waals surface area contributed by atoms with Gasteiger partial charge in [0.1, 0.15) is 5.82 Å². The van der Waals surface area contributed by atoms with Gasteiger partial charge in [0.05, 0.1) is 18.3 Å². The summed E-state index contributed by atoms with van der Waals surface area (Å²) in [6.07, 6.45) is 0.501. The van der Waals surface area contributed by atoms with Crippen molar-refractivity contribution in [2.24, 2.45) is 5.10 Å². The second-order valence-electron chi connectivity index (χ2n) is 9.88. The zero-order valence-corrected chi connectivity index (χ0v) is 21.0. The van der Waals surface area contributed by atoms with Gasteiger partial charge in [0.15, 0.2) is 0 Å². The van der Waals surface area contributed by atoms with Gasteiger partial charge in [-0.05, 0) is 31.0 Å². The second kappa shape index (κ2) is 10.7. The molecule has 1 fully saturated rings. The molecular formula is C30H33FN4O. The summed E-state index contributed by atoms with van der Waals surface area (Å²) in [5.41, 5.74) is 5.97. The van der Waals surface area contributed by atoms with Crippen molar-refractivity contribution in [3.63, 3.8) is 0 Å². The van der Waals surface area contributed by atoms with Crippen LogP contribution in [0.2, 0.25) is 0 Å². The first kappa shape index (κ1) is 24.3. The minimum atomic E-state index is -0.436. The highest BCUT2D eigenvalue weighted by Gasteiger charge is 2.35. The maximum atomic E-state index is 14.8. The molecule has 1 amide bonds. The highest BCUT2D eigenvalue weighted by Crippen LogP contribution is 2.35. The number of hydrazone groups is 1.